The highest BCUT2D eigenvalue weighted by atomic mass is 16.5. The highest BCUT2D eigenvalue weighted by Gasteiger charge is 2.14. The number of nitrogens with zero attached hydrogens (tertiary/aromatic N) is 2. The van der Waals surface area contributed by atoms with Crippen LogP contribution in [0.2, 0.25) is 0 Å². The first-order valence-electron chi connectivity index (χ1n) is 9.03. The lowest BCUT2D eigenvalue weighted by Crippen LogP contribution is -2.02. The largest absolute Gasteiger partial charge is 0.493 e. The van der Waals surface area contributed by atoms with Crippen LogP contribution in [0.25, 0.3) is 0 Å². The van der Waals surface area contributed by atoms with Crippen molar-refractivity contribution in [3.05, 3.63) is 54.2 Å². The van der Waals surface area contributed by atoms with Gasteiger partial charge in [0.05, 0.1) is 21.3 Å². The second-order valence-corrected chi connectivity index (χ2v) is 6.10. The smallest absolute Gasteiger partial charge is 0.229 e. The van der Waals surface area contributed by atoms with Gasteiger partial charge in [-0.3, -0.25) is 0 Å². The number of benzene rings is 2. The van der Waals surface area contributed by atoms with Crippen molar-refractivity contribution in [2.24, 2.45) is 0 Å². The summed E-state index contributed by atoms with van der Waals surface area (Å²) in [7, 11) is 4.68. The third-order valence-electron chi connectivity index (χ3n) is 4.18. The molecule has 2 aromatic carbocycles. The van der Waals surface area contributed by atoms with Gasteiger partial charge in [0, 0.05) is 36.3 Å². The number of methoxy groups -OCH3 is 3. The number of rotatable bonds is 9. The lowest BCUT2D eigenvalue weighted by atomic mass is 10.1. The number of aliphatic hydroxyl groups excluding tert-OH is 1. The molecule has 29 heavy (non-hydrogen) atoms. The summed E-state index contributed by atoms with van der Waals surface area (Å²) >= 11 is 0. The van der Waals surface area contributed by atoms with E-state index < -0.39 is 0 Å². The molecule has 1 aromatic heterocycles. The van der Waals surface area contributed by atoms with Gasteiger partial charge in [-0.1, -0.05) is 12.1 Å². The van der Waals surface area contributed by atoms with Gasteiger partial charge < -0.3 is 30.0 Å². The highest BCUT2D eigenvalue weighted by Crippen LogP contribution is 2.40. The first-order chi connectivity index (χ1) is 14.2. The standard InChI is InChI=1S/C21H24N4O4/c1-27-17-12-16(13-18(28-2)20(17)29-3)24-21-22-9-7-19(25-21)23-15-6-4-5-14(11-15)8-10-26/h4-7,9,11-13,26H,8,10H2,1-3H3,(H2,22,23,24,25). The van der Waals surface area contributed by atoms with Gasteiger partial charge >= 0.3 is 0 Å². The molecule has 8 nitrogen and oxygen atoms in total. The molecule has 0 spiro atoms. The third kappa shape index (κ3) is 5.05. The maximum absolute atomic E-state index is 9.11. The third-order valence-corrected chi connectivity index (χ3v) is 4.18. The summed E-state index contributed by atoms with van der Waals surface area (Å²) in [6.07, 6.45) is 2.26. The van der Waals surface area contributed by atoms with Crippen molar-refractivity contribution in [1.29, 1.82) is 0 Å². The Hall–Kier alpha value is -3.52. The lowest BCUT2D eigenvalue weighted by Gasteiger charge is -2.15. The Morgan fingerprint density at radius 1 is 0.897 bits per heavy atom. The van der Waals surface area contributed by atoms with E-state index >= 15 is 0 Å². The molecule has 1 heterocycles. The van der Waals surface area contributed by atoms with Crippen molar-refractivity contribution in [2.45, 2.75) is 6.42 Å². The zero-order valence-electron chi connectivity index (χ0n) is 16.6. The number of nitrogens with one attached hydrogen (secondary N) is 2. The Kier molecular flexibility index (Phi) is 6.70. The molecular formula is C21H24N4O4. The highest BCUT2D eigenvalue weighted by molar-refractivity contribution is 5.66. The zero-order valence-corrected chi connectivity index (χ0v) is 16.6. The first-order valence-corrected chi connectivity index (χ1v) is 9.03. The molecule has 3 N–H and O–H groups in total. The molecule has 0 aliphatic carbocycles. The van der Waals surface area contributed by atoms with Crippen LogP contribution in [0.3, 0.4) is 0 Å². The van der Waals surface area contributed by atoms with Gasteiger partial charge in [0.15, 0.2) is 11.5 Å². The molecule has 0 atom stereocenters. The molecule has 0 saturated carbocycles. The maximum atomic E-state index is 9.11. The van der Waals surface area contributed by atoms with Crippen molar-refractivity contribution in [2.75, 3.05) is 38.6 Å². The summed E-state index contributed by atoms with van der Waals surface area (Å²) in [6, 6.07) is 13.2. The predicted molar refractivity (Wildman–Crippen MR) is 112 cm³/mol. The van der Waals surface area contributed by atoms with Gasteiger partial charge in [-0.25, -0.2) is 4.98 Å². The van der Waals surface area contributed by atoms with Crippen LogP contribution in [0.5, 0.6) is 17.2 Å². The zero-order chi connectivity index (χ0) is 20.6. The van der Waals surface area contributed by atoms with Crippen molar-refractivity contribution in [3.8, 4) is 17.2 Å². The molecule has 3 rings (SSSR count). The Bertz CT molecular complexity index is 940. The van der Waals surface area contributed by atoms with E-state index in [0.717, 1.165) is 11.3 Å². The van der Waals surface area contributed by atoms with Crippen molar-refractivity contribution in [3.63, 3.8) is 0 Å². The second-order valence-electron chi connectivity index (χ2n) is 6.10. The van der Waals surface area contributed by atoms with Crippen LogP contribution in [0, 0.1) is 0 Å². The van der Waals surface area contributed by atoms with Crippen LogP contribution < -0.4 is 24.8 Å². The van der Waals surface area contributed by atoms with E-state index in [1.807, 2.05) is 24.3 Å². The van der Waals surface area contributed by atoms with Crippen LogP contribution in [-0.2, 0) is 6.42 Å². The first kappa shape index (κ1) is 20.2. The molecule has 8 heteroatoms. The summed E-state index contributed by atoms with van der Waals surface area (Å²) in [5, 5.41) is 15.5. The summed E-state index contributed by atoms with van der Waals surface area (Å²) in [4.78, 5) is 8.77. The predicted octanol–water partition coefficient (Wildman–Crippen LogP) is 3.52. The van der Waals surface area contributed by atoms with E-state index in [0.29, 0.717) is 41.1 Å². The molecule has 0 fully saturated rings. The minimum atomic E-state index is 0.111. The van der Waals surface area contributed by atoms with E-state index in [1.165, 1.54) is 0 Å². The van der Waals surface area contributed by atoms with Crippen LogP contribution in [-0.4, -0.2) is 43.0 Å². The van der Waals surface area contributed by atoms with Crippen molar-refractivity contribution in [1.82, 2.24) is 9.97 Å². The second kappa shape index (κ2) is 9.61. The topological polar surface area (TPSA) is 97.8 Å². The minimum absolute atomic E-state index is 0.111. The molecule has 0 radical (unpaired) electrons. The minimum Gasteiger partial charge on any atom is -0.493 e. The van der Waals surface area contributed by atoms with Gasteiger partial charge in [-0.15, -0.1) is 0 Å². The van der Waals surface area contributed by atoms with Crippen LogP contribution >= 0.6 is 0 Å². The fourth-order valence-electron chi connectivity index (χ4n) is 2.85. The average molecular weight is 396 g/mol. The van der Waals surface area contributed by atoms with Crippen LogP contribution in [0.4, 0.5) is 23.1 Å². The number of aliphatic hydroxyl groups is 1. The van der Waals surface area contributed by atoms with Gasteiger partial charge in [-0.2, -0.15) is 4.98 Å². The summed E-state index contributed by atoms with van der Waals surface area (Å²) in [5.74, 6) is 2.63. The van der Waals surface area contributed by atoms with E-state index in [-0.39, 0.29) is 6.61 Å². The van der Waals surface area contributed by atoms with E-state index in [1.54, 1.807) is 45.7 Å². The Morgan fingerprint density at radius 3 is 2.31 bits per heavy atom. The van der Waals surface area contributed by atoms with Gasteiger partial charge in [0.1, 0.15) is 5.82 Å². The van der Waals surface area contributed by atoms with Crippen LogP contribution in [0.1, 0.15) is 5.56 Å². The molecule has 3 aromatic rings. The Balaban J connectivity index is 1.81. The van der Waals surface area contributed by atoms with Crippen molar-refractivity contribution < 1.29 is 19.3 Å². The molecular weight excluding hydrogens is 372 g/mol. The average Bonchev–Trinajstić information content (AvgIpc) is 2.73. The Labute approximate surface area is 169 Å². The number of ether oxygens (including phenoxy) is 3. The molecule has 0 bridgehead atoms. The fraction of sp³-hybridized carbons (Fsp3) is 0.238. The number of aromatic nitrogens is 2. The normalized spacial score (nSPS) is 10.3. The lowest BCUT2D eigenvalue weighted by molar-refractivity contribution is 0.299. The number of hydrogen-bond acceptors (Lipinski definition) is 8. The van der Waals surface area contributed by atoms with Gasteiger partial charge in [-0.05, 0) is 30.2 Å². The van der Waals surface area contributed by atoms with E-state index in [9.17, 15) is 0 Å². The summed E-state index contributed by atoms with van der Waals surface area (Å²) in [5.41, 5.74) is 2.62. The molecule has 0 amide bonds. The molecule has 0 aliphatic rings. The van der Waals surface area contributed by atoms with Gasteiger partial charge in [0.25, 0.3) is 0 Å². The van der Waals surface area contributed by atoms with E-state index in [2.05, 4.69) is 20.6 Å². The van der Waals surface area contributed by atoms with E-state index in [4.69, 9.17) is 19.3 Å². The summed E-state index contributed by atoms with van der Waals surface area (Å²) < 4.78 is 16.1. The number of anilines is 4. The molecule has 152 valence electrons. The number of hydrogen-bond donors (Lipinski definition) is 3. The maximum Gasteiger partial charge on any atom is 0.229 e. The summed E-state index contributed by atoms with van der Waals surface area (Å²) in [6.45, 7) is 0.111. The van der Waals surface area contributed by atoms with Crippen molar-refractivity contribution >= 4 is 23.1 Å². The monoisotopic (exact) mass is 396 g/mol. The Morgan fingerprint density at radius 2 is 1.66 bits per heavy atom. The molecule has 0 aliphatic heterocycles. The SMILES string of the molecule is COc1cc(Nc2nccc(Nc3cccc(CCO)c3)n2)cc(OC)c1OC. The quantitative estimate of drug-likeness (QED) is 0.505. The van der Waals surface area contributed by atoms with Gasteiger partial charge in [0.2, 0.25) is 11.7 Å². The fourth-order valence-corrected chi connectivity index (χ4v) is 2.85. The molecule has 0 unspecified atom stereocenters. The van der Waals surface area contributed by atoms with Crippen LogP contribution in [0.15, 0.2) is 48.7 Å². The molecule has 0 saturated heterocycles.